The summed E-state index contributed by atoms with van der Waals surface area (Å²) >= 11 is 6.04. The Morgan fingerprint density at radius 1 is 1.43 bits per heavy atom. The Kier molecular flexibility index (Phi) is 7.47. The molecule has 0 bridgehead atoms. The smallest absolute Gasteiger partial charge is 0.0897 e. The van der Waals surface area contributed by atoms with Crippen LogP contribution in [0.3, 0.4) is 0 Å². The highest BCUT2D eigenvalue weighted by Crippen LogP contribution is 2.15. The van der Waals surface area contributed by atoms with Gasteiger partial charge in [0.2, 0.25) is 0 Å². The van der Waals surface area contributed by atoms with Gasteiger partial charge in [0, 0.05) is 24.7 Å². The lowest BCUT2D eigenvalue weighted by molar-refractivity contribution is 0.0250. The Hall–Kier alpha value is -0.650. The number of halogens is 1. The standard InChI is InChI=1S/C16H24ClNO3/c17-16-6-2-1-5-14(16)11-21-12-15(19)9-18-8-13-4-3-7-20-10-13/h1-2,5-6,13,15,18-19H,3-4,7-12H2. The Balaban J connectivity index is 1.55. The molecular weight excluding hydrogens is 290 g/mol. The molecule has 118 valence electrons. The maximum atomic E-state index is 9.87. The highest BCUT2D eigenvalue weighted by molar-refractivity contribution is 6.31. The van der Waals surface area contributed by atoms with E-state index < -0.39 is 6.10 Å². The minimum absolute atomic E-state index is 0.305. The average Bonchev–Trinajstić information content (AvgIpc) is 2.50. The Morgan fingerprint density at radius 3 is 3.05 bits per heavy atom. The number of rotatable bonds is 8. The second-order valence-electron chi connectivity index (χ2n) is 5.50. The molecule has 1 aromatic carbocycles. The van der Waals surface area contributed by atoms with Gasteiger partial charge in [0.25, 0.3) is 0 Å². The fraction of sp³-hybridized carbons (Fsp3) is 0.625. The lowest BCUT2D eigenvalue weighted by Gasteiger charge is -2.23. The molecule has 0 aliphatic carbocycles. The van der Waals surface area contributed by atoms with E-state index in [9.17, 15) is 5.11 Å². The molecule has 21 heavy (non-hydrogen) atoms. The number of nitrogens with one attached hydrogen (secondary N) is 1. The summed E-state index contributed by atoms with van der Waals surface area (Å²) in [6.45, 7) is 3.87. The van der Waals surface area contributed by atoms with Crippen molar-refractivity contribution in [1.29, 1.82) is 0 Å². The second-order valence-corrected chi connectivity index (χ2v) is 5.91. The van der Waals surface area contributed by atoms with Crippen LogP contribution in [0.1, 0.15) is 18.4 Å². The van der Waals surface area contributed by atoms with Crippen molar-refractivity contribution < 1.29 is 14.6 Å². The Morgan fingerprint density at radius 2 is 2.29 bits per heavy atom. The van der Waals surface area contributed by atoms with E-state index in [1.165, 1.54) is 6.42 Å². The zero-order valence-electron chi connectivity index (χ0n) is 12.3. The molecule has 2 unspecified atom stereocenters. The quantitative estimate of drug-likeness (QED) is 0.773. The molecule has 0 aromatic heterocycles. The third-order valence-electron chi connectivity index (χ3n) is 3.59. The van der Waals surface area contributed by atoms with Gasteiger partial charge in [-0.05, 0) is 30.4 Å². The van der Waals surface area contributed by atoms with E-state index in [2.05, 4.69) is 5.32 Å². The van der Waals surface area contributed by atoms with Gasteiger partial charge in [-0.1, -0.05) is 29.8 Å². The fourth-order valence-electron chi connectivity index (χ4n) is 2.40. The SMILES string of the molecule is OC(CNCC1CCCOC1)COCc1ccccc1Cl. The van der Waals surface area contributed by atoms with Crippen LogP contribution in [-0.2, 0) is 16.1 Å². The van der Waals surface area contributed by atoms with Gasteiger partial charge < -0.3 is 19.9 Å². The molecule has 1 fully saturated rings. The van der Waals surface area contributed by atoms with Crippen LogP contribution >= 0.6 is 11.6 Å². The van der Waals surface area contributed by atoms with E-state index >= 15 is 0 Å². The third-order valence-corrected chi connectivity index (χ3v) is 3.96. The largest absolute Gasteiger partial charge is 0.389 e. The lowest BCUT2D eigenvalue weighted by atomic mass is 10.0. The van der Waals surface area contributed by atoms with E-state index in [0.717, 1.165) is 31.7 Å². The molecule has 1 saturated heterocycles. The summed E-state index contributed by atoms with van der Waals surface area (Å²) in [6, 6.07) is 7.58. The number of hydrogen-bond donors (Lipinski definition) is 2. The van der Waals surface area contributed by atoms with Crippen molar-refractivity contribution in [3.05, 3.63) is 34.9 Å². The molecule has 2 rings (SSSR count). The van der Waals surface area contributed by atoms with E-state index in [-0.39, 0.29) is 0 Å². The molecule has 5 heteroatoms. The van der Waals surface area contributed by atoms with Crippen molar-refractivity contribution in [3.63, 3.8) is 0 Å². The minimum Gasteiger partial charge on any atom is -0.389 e. The van der Waals surface area contributed by atoms with E-state index in [4.69, 9.17) is 21.1 Å². The highest BCUT2D eigenvalue weighted by Gasteiger charge is 2.14. The molecule has 1 aromatic rings. The summed E-state index contributed by atoms with van der Waals surface area (Å²) in [6.07, 6.45) is 1.83. The van der Waals surface area contributed by atoms with Crippen LogP contribution in [0.4, 0.5) is 0 Å². The van der Waals surface area contributed by atoms with Crippen molar-refractivity contribution in [2.45, 2.75) is 25.6 Å². The van der Waals surface area contributed by atoms with Crippen molar-refractivity contribution in [2.24, 2.45) is 5.92 Å². The van der Waals surface area contributed by atoms with Gasteiger partial charge in [0.05, 0.1) is 25.9 Å². The molecule has 1 aliphatic rings. The first kappa shape index (κ1) is 16.7. The second kappa shape index (κ2) is 9.38. The molecule has 1 heterocycles. The molecule has 1 aliphatic heterocycles. The molecule has 0 amide bonds. The lowest BCUT2D eigenvalue weighted by Crippen LogP contribution is -2.35. The number of hydrogen-bond acceptors (Lipinski definition) is 4. The fourth-order valence-corrected chi connectivity index (χ4v) is 2.59. The number of benzene rings is 1. The van der Waals surface area contributed by atoms with Crippen LogP contribution in [0.2, 0.25) is 5.02 Å². The van der Waals surface area contributed by atoms with Crippen LogP contribution in [0.25, 0.3) is 0 Å². The van der Waals surface area contributed by atoms with Gasteiger partial charge in [-0.25, -0.2) is 0 Å². The summed E-state index contributed by atoms with van der Waals surface area (Å²) < 4.78 is 10.9. The van der Waals surface area contributed by atoms with Gasteiger partial charge in [0.1, 0.15) is 0 Å². The zero-order chi connectivity index (χ0) is 14.9. The van der Waals surface area contributed by atoms with Gasteiger partial charge in [-0.3, -0.25) is 0 Å². The molecular formula is C16H24ClNO3. The molecule has 2 N–H and O–H groups in total. The Labute approximate surface area is 131 Å². The van der Waals surface area contributed by atoms with E-state index in [0.29, 0.717) is 30.7 Å². The first-order valence-electron chi connectivity index (χ1n) is 7.53. The minimum atomic E-state index is -0.503. The van der Waals surface area contributed by atoms with Gasteiger partial charge >= 0.3 is 0 Å². The topological polar surface area (TPSA) is 50.7 Å². The normalized spacial score (nSPS) is 20.4. The summed E-state index contributed by atoms with van der Waals surface area (Å²) in [5.41, 5.74) is 0.943. The number of aliphatic hydroxyl groups is 1. The number of aliphatic hydroxyl groups excluding tert-OH is 1. The van der Waals surface area contributed by atoms with Crippen LogP contribution in [-0.4, -0.2) is 44.1 Å². The summed E-state index contributed by atoms with van der Waals surface area (Å²) in [4.78, 5) is 0. The highest BCUT2D eigenvalue weighted by atomic mass is 35.5. The van der Waals surface area contributed by atoms with E-state index in [1.54, 1.807) is 0 Å². The maximum Gasteiger partial charge on any atom is 0.0897 e. The van der Waals surface area contributed by atoms with Crippen molar-refractivity contribution in [1.82, 2.24) is 5.32 Å². The van der Waals surface area contributed by atoms with Crippen molar-refractivity contribution >= 4 is 11.6 Å². The van der Waals surface area contributed by atoms with Crippen LogP contribution in [0.15, 0.2) is 24.3 Å². The van der Waals surface area contributed by atoms with Crippen LogP contribution in [0, 0.1) is 5.92 Å². The van der Waals surface area contributed by atoms with Crippen molar-refractivity contribution in [2.75, 3.05) is 32.9 Å². The third kappa shape index (κ3) is 6.32. The number of ether oxygens (including phenoxy) is 2. The summed E-state index contributed by atoms with van der Waals surface area (Å²) in [5.74, 6) is 0.565. The molecule has 0 spiro atoms. The summed E-state index contributed by atoms with van der Waals surface area (Å²) in [7, 11) is 0. The predicted molar refractivity (Wildman–Crippen MR) is 83.5 cm³/mol. The summed E-state index contributed by atoms with van der Waals surface area (Å²) in [5, 5.41) is 13.8. The molecule has 4 nitrogen and oxygen atoms in total. The maximum absolute atomic E-state index is 9.87. The first-order valence-corrected chi connectivity index (χ1v) is 7.91. The molecule has 0 radical (unpaired) electrons. The van der Waals surface area contributed by atoms with Crippen LogP contribution < -0.4 is 5.32 Å². The monoisotopic (exact) mass is 313 g/mol. The van der Waals surface area contributed by atoms with Crippen LogP contribution in [0.5, 0.6) is 0 Å². The zero-order valence-corrected chi connectivity index (χ0v) is 13.0. The Bertz CT molecular complexity index is 410. The van der Waals surface area contributed by atoms with Gasteiger partial charge in [0.15, 0.2) is 0 Å². The molecule has 0 saturated carbocycles. The first-order chi connectivity index (χ1) is 10.3. The average molecular weight is 314 g/mol. The van der Waals surface area contributed by atoms with Crippen molar-refractivity contribution in [3.8, 4) is 0 Å². The van der Waals surface area contributed by atoms with E-state index in [1.807, 2.05) is 24.3 Å². The predicted octanol–water partition coefficient (Wildman–Crippen LogP) is 2.23. The van der Waals surface area contributed by atoms with Gasteiger partial charge in [-0.15, -0.1) is 0 Å². The molecule has 2 atom stereocenters. The van der Waals surface area contributed by atoms with Gasteiger partial charge in [-0.2, -0.15) is 0 Å².